The molecule has 0 N–H and O–H groups in total. The van der Waals surface area contributed by atoms with Gasteiger partial charge >= 0.3 is 0 Å². The summed E-state index contributed by atoms with van der Waals surface area (Å²) < 4.78 is 5.18. The van der Waals surface area contributed by atoms with Crippen LogP contribution < -0.4 is 4.74 Å². The van der Waals surface area contributed by atoms with Crippen molar-refractivity contribution in [3.63, 3.8) is 0 Å². The molecule has 0 fully saturated rings. The minimum absolute atomic E-state index is 0.0186. The molecule has 0 aliphatic carbocycles. The SMILES string of the molecule is COc1ccc(C(CC(C)=O)CC(=O)[Si](C)(C)C(C)(C)C)cc1. The number of methoxy groups -OCH3 is 1. The second kappa shape index (κ2) is 7.43. The topological polar surface area (TPSA) is 43.4 Å². The van der Waals surface area contributed by atoms with Crippen molar-refractivity contribution in [1.29, 1.82) is 0 Å². The maximum Gasteiger partial charge on any atom is 0.132 e. The zero-order valence-electron chi connectivity index (χ0n) is 15.5. The maximum atomic E-state index is 12.9. The van der Waals surface area contributed by atoms with Gasteiger partial charge < -0.3 is 14.3 Å². The fraction of sp³-hybridized carbons (Fsp3) is 0.579. The monoisotopic (exact) mass is 334 g/mol. The van der Waals surface area contributed by atoms with E-state index in [1.165, 1.54) is 0 Å². The highest BCUT2D eigenvalue weighted by atomic mass is 28.3. The van der Waals surface area contributed by atoms with E-state index in [9.17, 15) is 9.59 Å². The molecule has 128 valence electrons. The van der Waals surface area contributed by atoms with Gasteiger partial charge in [-0.3, -0.25) is 0 Å². The minimum Gasteiger partial charge on any atom is -0.497 e. The van der Waals surface area contributed by atoms with Crippen LogP contribution in [0.15, 0.2) is 24.3 Å². The summed E-state index contributed by atoms with van der Waals surface area (Å²) in [5.41, 5.74) is 1.04. The van der Waals surface area contributed by atoms with Gasteiger partial charge in [0.25, 0.3) is 0 Å². The summed E-state index contributed by atoms with van der Waals surface area (Å²) in [7, 11) is -0.420. The van der Waals surface area contributed by atoms with Crippen LogP contribution in [0.5, 0.6) is 5.75 Å². The van der Waals surface area contributed by atoms with Crippen molar-refractivity contribution in [2.75, 3.05) is 7.11 Å². The van der Waals surface area contributed by atoms with Gasteiger partial charge in [0, 0.05) is 12.8 Å². The fourth-order valence-electron chi connectivity index (χ4n) is 2.43. The van der Waals surface area contributed by atoms with Crippen LogP contribution in [0, 0.1) is 0 Å². The third kappa shape index (κ3) is 5.03. The van der Waals surface area contributed by atoms with E-state index < -0.39 is 8.07 Å². The van der Waals surface area contributed by atoms with Crippen LogP contribution in [0.2, 0.25) is 18.1 Å². The van der Waals surface area contributed by atoms with E-state index in [4.69, 9.17) is 4.74 Å². The molecule has 0 saturated carbocycles. The Morgan fingerprint density at radius 3 is 2.00 bits per heavy atom. The average Bonchev–Trinajstić information content (AvgIpc) is 2.44. The molecular formula is C19H30O3Si. The predicted octanol–water partition coefficient (Wildman–Crippen LogP) is 4.76. The van der Waals surface area contributed by atoms with Crippen LogP contribution in [-0.4, -0.2) is 26.4 Å². The molecule has 0 aliphatic rings. The van der Waals surface area contributed by atoms with Gasteiger partial charge in [-0.15, -0.1) is 0 Å². The molecule has 0 heterocycles. The summed E-state index contributed by atoms with van der Waals surface area (Å²) in [6.45, 7) is 12.3. The van der Waals surface area contributed by atoms with E-state index in [-0.39, 0.29) is 16.7 Å². The van der Waals surface area contributed by atoms with Crippen LogP contribution in [0.25, 0.3) is 0 Å². The molecule has 0 bridgehead atoms. The zero-order chi connectivity index (χ0) is 17.8. The van der Waals surface area contributed by atoms with E-state index in [0.29, 0.717) is 18.2 Å². The van der Waals surface area contributed by atoms with Crippen LogP contribution in [0.3, 0.4) is 0 Å². The summed E-state index contributed by atoms with van der Waals surface area (Å²) in [6.07, 6.45) is 0.856. The van der Waals surface area contributed by atoms with Crippen molar-refractivity contribution in [1.82, 2.24) is 0 Å². The number of ether oxygens (including phenoxy) is 1. The van der Waals surface area contributed by atoms with Crippen LogP contribution in [-0.2, 0) is 9.59 Å². The number of carbonyl (C=O) groups excluding carboxylic acids is 2. The molecule has 1 unspecified atom stereocenters. The molecule has 0 radical (unpaired) electrons. The Kier molecular flexibility index (Phi) is 6.34. The number of rotatable bonds is 7. The standard InChI is InChI=1S/C19H30O3Si/c1-14(20)12-16(15-8-10-17(22-5)11-9-15)13-18(21)23(6,7)19(2,3)4/h8-11,16H,12-13H2,1-7H3. The second-order valence-corrected chi connectivity index (χ2v) is 13.2. The normalized spacial score (nSPS) is 13.5. The number of carbonyl (C=O) groups is 2. The van der Waals surface area contributed by atoms with E-state index in [0.717, 1.165) is 11.3 Å². The van der Waals surface area contributed by atoms with E-state index in [2.05, 4.69) is 33.9 Å². The summed E-state index contributed by atoms with van der Waals surface area (Å²) in [6, 6.07) is 7.70. The molecule has 0 aromatic heterocycles. The van der Waals surface area contributed by atoms with Gasteiger partial charge in [0.05, 0.1) is 7.11 Å². The predicted molar refractivity (Wildman–Crippen MR) is 97.9 cm³/mol. The molecule has 23 heavy (non-hydrogen) atoms. The molecule has 1 atom stereocenters. The Hall–Kier alpha value is -1.42. The molecular weight excluding hydrogens is 304 g/mol. The number of hydrogen-bond donors (Lipinski definition) is 0. The Morgan fingerprint density at radius 1 is 1.09 bits per heavy atom. The zero-order valence-corrected chi connectivity index (χ0v) is 16.5. The van der Waals surface area contributed by atoms with Crippen LogP contribution in [0.4, 0.5) is 0 Å². The van der Waals surface area contributed by atoms with Crippen molar-refractivity contribution < 1.29 is 14.3 Å². The van der Waals surface area contributed by atoms with Gasteiger partial charge in [-0.1, -0.05) is 46.0 Å². The number of hydrogen-bond acceptors (Lipinski definition) is 3. The summed E-state index contributed by atoms with van der Waals surface area (Å²) in [5, 5.41) is 0.358. The van der Waals surface area contributed by atoms with Gasteiger partial charge in [0.1, 0.15) is 25.0 Å². The maximum absolute atomic E-state index is 12.9. The summed E-state index contributed by atoms with van der Waals surface area (Å²) >= 11 is 0. The first kappa shape index (κ1) is 19.6. The Labute approximate surface area is 141 Å². The highest BCUT2D eigenvalue weighted by Crippen LogP contribution is 2.39. The van der Waals surface area contributed by atoms with Gasteiger partial charge in [0.15, 0.2) is 0 Å². The van der Waals surface area contributed by atoms with Crippen molar-refractivity contribution in [3.8, 4) is 5.75 Å². The first-order valence-electron chi connectivity index (χ1n) is 8.15. The molecule has 1 aromatic carbocycles. The van der Waals surface area contributed by atoms with E-state index in [1.807, 2.05) is 24.3 Å². The van der Waals surface area contributed by atoms with Crippen LogP contribution in [0.1, 0.15) is 52.0 Å². The Bertz CT molecular complexity index is 553. The first-order valence-corrected chi connectivity index (χ1v) is 11.2. The molecule has 0 amide bonds. The Balaban J connectivity index is 3.03. The molecule has 0 saturated heterocycles. The van der Waals surface area contributed by atoms with Crippen LogP contribution >= 0.6 is 0 Å². The van der Waals surface area contributed by atoms with Crippen molar-refractivity contribution in [2.45, 2.75) is 64.6 Å². The highest BCUT2D eigenvalue weighted by Gasteiger charge is 2.42. The molecule has 0 aliphatic heterocycles. The quantitative estimate of drug-likeness (QED) is 0.675. The molecule has 0 spiro atoms. The smallest absolute Gasteiger partial charge is 0.132 e. The Morgan fingerprint density at radius 2 is 1.61 bits per heavy atom. The van der Waals surface area contributed by atoms with Gasteiger partial charge in [-0.05, 0) is 35.6 Å². The lowest BCUT2D eigenvalue weighted by Gasteiger charge is -2.36. The molecule has 1 aromatic rings. The van der Waals surface area contributed by atoms with Gasteiger partial charge in [-0.2, -0.15) is 0 Å². The van der Waals surface area contributed by atoms with Crippen molar-refractivity contribution >= 4 is 19.3 Å². The summed E-state index contributed by atoms with van der Waals surface area (Å²) in [4.78, 5) is 24.6. The third-order valence-corrected chi connectivity index (χ3v) is 10.5. The number of Topliss-reactive ketones (excluding diaryl/α,β-unsaturated/α-hetero) is 1. The number of benzene rings is 1. The lowest BCUT2D eigenvalue weighted by molar-refractivity contribution is -0.117. The second-order valence-electron chi connectivity index (χ2n) is 7.88. The van der Waals surface area contributed by atoms with Gasteiger partial charge in [-0.25, -0.2) is 0 Å². The first-order chi connectivity index (χ1) is 10.5. The summed E-state index contributed by atoms with van der Waals surface area (Å²) in [5.74, 6) is 0.861. The van der Waals surface area contributed by atoms with E-state index in [1.54, 1.807) is 14.0 Å². The molecule has 1 rings (SSSR count). The van der Waals surface area contributed by atoms with Crippen molar-refractivity contribution in [3.05, 3.63) is 29.8 Å². The lowest BCUT2D eigenvalue weighted by Crippen LogP contribution is -2.46. The average molecular weight is 335 g/mol. The van der Waals surface area contributed by atoms with Crippen molar-refractivity contribution in [2.24, 2.45) is 0 Å². The van der Waals surface area contributed by atoms with Gasteiger partial charge in [0.2, 0.25) is 0 Å². The fourth-order valence-corrected chi connectivity index (χ4v) is 4.02. The lowest BCUT2D eigenvalue weighted by atomic mass is 9.91. The minimum atomic E-state index is -2.05. The molecule has 3 nitrogen and oxygen atoms in total. The molecule has 4 heteroatoms. The number of ketones is 1. The van der Waals surface area contributed by atoms with E-state index >= 15 is 0 Å². The largest absolute Gasteiger partial charge is 0.497 e. The third-order valence-electron chi connectivity index (χ3n) is 5.12. The highest BCUT2D eigenvalue weighted by molar-refractivity contribution is 7.06.